The Morgan fingerprint density at radius 3 is 2.74 bits per heavy atom. The molecule has 0 radical (unpaired) electrons. The third-order valence-corrected chi connectivity index (χ3v) is 6.15. The Morgan fingerprint density at radius 2 is 2.00 bits per heavy atom. The van der Waals surface area contributed by atoms with E-state index in [1.807, 2.05) is 39.0 Å². The Hall–Kier alpha value is -3.22. The SMILES string of the molecule is CC(C)c1noc2nc(C3CC3)cc(C(=O)NC(C)c3ccc4c(c3)CCC(=O)N4)c12. The first kappa shape index (κ1) is 19.7. The van der Waals surface area contributed by atoms with Gasteiger partial charge in [0.2, 0.25) is 5.91 Å². The number of nitrogens with zero attached hydrogens (tertiary/aromatic N) is 2. The number of carbonyl (C=O) groups is 2. The fourth-order valence-electron chi connectivity index (χ4n) is 4.18. The lowest BCUT2D eigenvalue weighted by molar-refractivity contribution is -0.116. The smallest absolute Gasteiger partial charge is 0.259 e. The molecule has 3 aromatic rings. The van der Waals surface area contributed by atoms with Crippen molar-refractivity contribution in [2.75, 3.05) is 5.32 Å². The molecule has 3 heterocycles. The van der Waals surface area contributed by atoms with Crippen molar-refractivity contribution in [3.63, 3.8) is 0 Å². The molecule has 1 saturated carbocycles. The van der Waals surface area contributed by atoms with Crippen molar-refractivity contribution in [3.8, 4) is 0 Å². The van der Waals surface area contributed by atoms with Crippen molar-refractivity contribution in [1.82, 2.24) is 15.5 Å². The van der Waals surface area contributed by atoms with Gasteiger partial charge in [-0.05, 0) is 55.4 Å². The Bertz CT molecular complexity index is 1190. The molecule has 2 amide bonds. The highest BCUT2D eigenvalue weighted by Crippen LogP contribution is 2.41. The number of benzene rings is 1. The van der Waals surface area contributed by atoms with Crippen molar-refractivity contribution >= 4 is 28.6 Å². The summed E-state index contributed by atoms with van der Waals surface area (Å²) in [5.74, 6) is 0.411. The summed E-state index contributed by atoms with van der Waals surface area (Å²) < 4.78 is 5.50. The normalized spacial score (nSPS) is 16.8. The molecule has 1 aliphatic carbocycles. The Labute approximate surface area is 180 Å². The third-order valence-electron chi connectivity index (χ3n) is 6.15. The number of amides is 2. The van der Waals surface area contributed by atoms with Gasteiger partial charge in [0.15, 0.2) is 0 Å². The van der Waals surface area contributed by atoms with Gasteiger partial charge in [0.1, 0.15) is 0 Å². The number of anilines is 1. The van der Waals surface area contributed by atoms with E-state index >= 15 is 0 Å². The maximum atomic E-state index is 13.4. The summed E-state index contributed by atoms with van der Waals surface area (Å²) in [7, 11) is 0. The van der Waals surface area contributed by atoms with E-state index < -0.39 is 0 Å². The van der Waals surface area contributed by atoms with Crippen LogP contribution in [0.4, 0.5) is 5.69 Å². The number of hydrogen-bond donors (Lipinski definition) is 2. The molecule has 2 aromatic heterocycles. The summed E-state index contributed by atoms with van der Waals surface area (Å²) >= 11 is 0. The lowest BCUT2D eigenvalue weighted by Gasteiger charge is -2.20. The molecule has 1 unspecified atom stereocenters. The van der Waals surface area contributed by atoms with Crippen LogP contribution in [0.2, 0.25) is 0 Å². The standard InChI is InChI=1S/C24H26N4O3/c1-12(2)22-21-17(11-19(14-4-5-14)27-24(21)31-28-22)23(30)25-13(3)15-6-8-18-16(10-15)7-9-20(29)26-18/h6,8,10-14H,4-5,7,9H2,1-3H3,(H,25,30)(H,26,29). The van der Waals surface area contributed by atoms with Crippen molar-refractivity contribution in [2.24, 2.45) is 0 Å². The van der Waals surface area contributed by atoms with Gasteiger partial charge in [-0.1, -0.05) is 31.1 Å². The van der Waals surface area contributed by atoms with E-state index in [1.54, 1.807) is 0 Å². The van der Waals surface area contributed by atoms with Gasteiger partial charge in [0.25, 0.3) is 11.6 Å². The Balaban J connectivity index is 1.46. The minimum Gasteiger partial charge on any atom is -0.345 e. The summed E-state index contributed by atoms with van der Waals surface area (Å²) in [5.41, 5.74) is 5.64. The molecule has 7 heteroatoms. The van der Waals surface area contributed by atoms with Crippen LogP contribution in [-0.2, 0) is 11.2 Å². The van der Waals surface area contributed by atoms with Crippen molar-refractivity contribution in [2.45, 2.75) is 64.3 Å². The summed E-state index contributed by atoms with van der Waals surface area (Å²) in [6, 6.07) is 7.65. The average molecular weight is 418 g/mol. The number of aromatic nitrogens is 2. The van der Waals surface area contributed by atoms with Crippen molar-refractivity contribution < 1.29 is 14.1 Å². The van der Waals surface area contributed by atoms with E-state index in [9.17, 15) is 9.59 Å². The summed E-state index contributed by atoms with van der Waals surface area (Å²) in [6.07, 6.45) is 3.38. The molecule has 1 fully saturated rings. The number of pyridine rings is 1. The first-order valence-corrected chi connectivity index (χ1v) is 10.9. The fourth-order valence-corrected chi connectivity index (χ4v) is 4.18. The Kier molecular flexibility index (Phi) is 4.76. The molecule has 2 N–H and O–H groups in total. The minimum absolute atomic E-state index is 0.0458. The lowest BCUT2D eigenvalue weighted by atomic mass is 9.97. The summed E-state index contributed by atoms with van der Waals surface area (Å²) in [6.45, 7) is 6.03. The topological polar surface area (TPSA) is 97.1 Å². The largest absolute Gasteiger partial charge is 0.345 e. The van der Waals surface area contributed by atoms with Crippen molar-refractivity contribution in [1.29, 1.82) is 0 Å². The second-order valence-electron chi connectivity index (χ2n) is 8.93. The maximum Gasteiger partial charge on any atom is 0.259 e. The molecule has 0 saturated heterocycles. The van der Waals surface area contributed by atoms with E-state index in [1.165, 1.54) is 0 Å². The van der Waals surface area contributed by atoms with Crippen LogP contribution in [0, 0.1) is 0 Å². The van der Waals surface area contributed by atoms with Gasteiger partial charge in [-0.25, -0.2) is 4.98 Å². The summed E-state index contributed by atoms with van der Waals surface area (Å²) in [5, 5.41) is 10.9. The van der Waals surface area contributed by atoms with E-state index in [0.717, 1.165) is 41.0 Å². The van der Waals surface area contributed by atoms with E-state index in [4.69, 9.17) is 4.52 Å². The number of aryl methyl sites for hydroxylation is 1. The first-order chi connectivity index (χ1) is 14.9. The van der Waals surface area contributed by atoms with Gasteiger partial charge in [0, 0.05) is 23.7 Å². The van der Waals surface area contributed by atoms with Gasteiger partial charge < -0.3 is 15.2 Å². The molecule has 31 heavy (non-hydrogen) atoms. The number of hydrogen-bond acceptors (Lipinski definition) is 5. The maximum absolute atomic E-state index is 13.4. The molecule has 160 valence electrons. The van der Waals surface area contributed by atoms with Gasteiger partial charge in [0.05, 0.1) is 22.7 Å². The van der Waals surface area contributed by atoms with Crippen LogP contribution in [0.25, 0.3) is 11.1 Å². The van der Waals surface area contributed by atoms with Crippen LogP contribution >= 0.6 is 0 Å². The molecule has 7 nitrogen and oxygen atoms in total. The zero-order valence-electron chi connectivity index (χ0n) is 18.0. The van der Waals surface area contributed by atoms with Crippen LogP contribution in [-0.4, -0.2) is 22.0 Å². The van der Waals surface area contributed by atoms with Crippen LogP contribution in [0.3, 0.4) is 0 Å². The highest BCUT2D eigenvalue weighted by atomic mass is 16.5. The molecular weight excluding hydrogens is 392 g/mol. The summed E-state index contributed by atoms with van der Waals surface area (Å²) in [4.78, 5) is 29.6. The fraction of sp³-hybridized carbons (Fsp3) is 0.417. The molecule has 0 spiro atoms. The first-order valence-electron chi connectivity index (χ1n) is 10.9. The molecule has 0 bridgehead atoms. The number of rotatable bonds is 5. The lowest BCUT2D eigenvalue weighted by Crippen LogP contribution is -2.27. The van der Waals surface area contributed by atoms with Crippen molar-refractivity contribution in [3.05, 3.63) is 52.3 Å². The monoisotopic (exact) mass is 418 g/mol. The quantitative estimate of drug-likeness (QED) is 0.631. The van der Waals surface area contributed by atoms with Crippen LogP contribution in [0.15, 0.2) is 28.8 Å². The molecule has 1 aromatic carbocycles. The zero-order valence-corrected chi connectivity index (χ0v) is 18.0. The molecule has 1 aliphatic heterocycles. The second kappa shape index (κ2) is 7.48. The van der Waals surface area contributed by atoms with Gasteiger partial charge in [-0.2, -0.15) is 0 Å². The average Bonchev–Trinajstić information content (AvgIpc) is 3.51. The highest BCUT2D eigenvalue weighted by Gasteiger charge is 2.30. The van der Waals surface area contributed by atoms with E-state index in [2.05, 4.69) is 26.8 Å². The van der Waals surface area contributed by atoms with Crippen LogP contribution in [0.5, 0.6) is 0 Å². The number of carbonyl (C=O) groups excluding carboxylic acids is 2. The van der Waals surface area contributed by atoms with Crippen LogP contribution in [0.1, 0.15) is 90.8 Å². The van der Waals surface area contributed by atoms with E-state index in [-0.39, 0.29) is 23.8 Å². The van der Waals surface area contributed by atoms with E-state index in [0.29, 0.717) is 35.4 Å². The number of fused-ring (bicyclic) bond motifs is 2. The molecule has 5 rings (SSSR count). The molecule has 2 aliphatic rings. The molecule has 1 atom stereocenters. The van der Waals surface area contributed by atoms with Gasteiger partial charge in [-0.3, -0.25) is 9.59 Å². The predicted molar refractivity (Wildman–Crippen MR) is 117 cm³/mol. The van der Waals surface area contributed by atoms with Crippen LogP contribution < -0.4 is 10.6 Å². The van der Waals surface area contributed by atoms with Gasteiger partial charge >= 0.3 is 0 Å². The predicted octanol–water partition coefficient (Wildman–Crippen LogP) is 4.60. The highest BCUT2D eigenvalue weighted by molar-refractivity contribution is 6.06. The Morgan fingerprint density at radius 1 is 1.19 bits per heavy atom. The third kappa shape index (κ3) is 3.69. The molecular formula is C24H26N4O3. The number of nitrogens with one attached hydrogen (secondary N) is 2. The second-order valence-corrected chi connectivity index (χ2v) is 8.93. The van der Waals surface area contributed by atoms with Gasteiger partial charge in [-0.15, -0.1) is 0 Å². The zero-order chi connectivity index (χ0) is 21.7. The minimum atomic E-state index is -0.189.